The van der Waals surface area contributed by atoms with Crippen molar-refractivity contribution in [2.45, 2.75) is 53.0 Å². The number of hydrogen-bond donors (Lipinski definition) is 4. The summed E-state index contributed by atoms with van der Waals surface area (Å²) in [7, 11) is 0. The molecule has 192 valence electrons. The van der Waals surface area contributed by atoms with Crippen molar-refractivity contribution in [1.29, 1.82) is 0 Å². The second-order valence-electron chi connectivity index (χ2n) is 10.9. The van der Waals surface area contributed by atoms with Gasteiger partial charge in [0.2, 0.25) is 0 Å². The number of hydrogen-bond acceptors (Lipinski definition) is 2. The van der Waals surface area contributed by atoms with Crippen LogP contribution in [0.5, 0.6) is 0 Å². The first-order chi connectivity index (χ1) is 17.3. The highest BCUT2D eigenvalue weighted by molar-refractivity contribution is 5.86. The number of para-hydroxylation sites is 2. The Hall–Kier alpha value is -2.64. The number of benzene rings is 2. The predicted octanol–water partition coefficient (Wildman–Crippen LogP) is 1.04. The van der Waals surface area contributed by atoms with Gasteiger partial charge in [-0.15, -0.1) is 0 Å². The van der Waals surface area contributed by atoms with Crippen LogP contribution in [0.25, 0.3) is 21.8 Å². The Morgan fingerprint density at radius 2 is 1.00 bits per heavy atom. The molecule has 36 heavy (non-hydrogen) atoms. The van der Waals surface area contributed by atoms with Gasteiger partial charge in [0.25, 0.3) is 0 Å². The minimum atomic E-state index is -0.366. The van der Waals surface area contributed by atoms with Gasteiger partial charge in [0.1, 0.15) is 51.5 Å². The van der Waals surface area contributed by atoms with Crippen LogP contribution < -0.4 is 9.80 Å². The molecule has 0 radical (unpaired) electrons. The number of aliphatic hydroxyl groups excluding tert-OH is 2. The van der Waals surface area contributed by atoms with E-state index in [0.717, 1.165) is 39.3 Å². The van der Waals surface area contributed by atoms with Crippen LogP contribution in [-0.4, -0.2) is 70.8 Å². The number of nitrogens with one attached hydrogen (secondary N) is 2. The fraction of sp³-hybridized carbons (Fsp3) is 0.467. The zero-order valence-corrected chi connectivity index (χ0v) is 22.2. The molecule has 0 saturated carbocycles. The van der Waals surface area contributed by atoms with Crippen LogP contribution >= 0.6 is 0 Å². The minimum Gasteiger partial charge on any atom is -0.385 e. The van der Waals surface area contributed by atoms with E-state index in [2.05, 4.69) is 85.4 Å². The van der Waals surface area contributed by atoms with Gasteiger partial charge in [-0.05, 0) is 51.0 Å². The second-order valence-corrected chi connectivity index (χ2v) is 10.9. The van der Waals surface area contributed by atoms with Crippen molar-refractivity contribution in [3.8, 4) is 0 Å². The maximum absolute atomic E-state index is 10.9. The summed E-state index contributed by atoms with van der Waals surface area (Å²) in [5.74, 6) is 0. The van der Waals surface area contributed by atoms with E-state index in [4.69, 9.17) is 0 Å². The van der Waals surface area contributed by atoms with Gasteiger partial charge in [-0.25, -0.2) is 0 Å². The number of rotatable bonds is 8. The number of nitrogens with zero attached hydrogens (tertiary/aromatic N) is 2. The van der Waals surface area contributed by atoms with Gasteiger partial charge in [0, 0.05) is 33.2 Å². The van der Waals surface area contributed by atoms with Crippen LogP contribution in [0.15, 0.2) is 48.5 Å². The molecule has 4 N–H and O–H groups in total. The number of aryl methyl sites for hydroxylation is 2. The van der Waals surface area contributed by atoms with Gasteiger partial charge in [-0.2, -0.15) is 0 Å². The molecule has 0 unspecified atom stereocenters. The fourth-order valence-electron chi connectivity index (χ4n) is 6.26. The number of aliphatic hydroxyl groups is 2. The average molecular weight is 491 g/mol. The number of quaternary nitrogens is 2. The Labute approximate surface area is 214 Å². The maximum Gasteiger partial charge on any atom is 0.127 e. The van der Waals surface area contributed by atoms with Crippen LogP contribution in [-0.2, 0) is 13.1 Å². The summed E-state index contributed by atoms with van der Waals surface area (Å²) in [6, 6.07) is 17.0. The Morgan fingerprint density at radius 3 is 1.39 bits per heavy atom. The molecule has 6 nitrogen and oxygen atoms in total. The Bertz CT molecular complexity index is 1240. The predicted molar refractivity (Wildman–Crippen MR) is 146 cm³/mol. The van der Waals surface area contributed by atoms with Gasteiger partial charge in [0.05, 0.1) is 13.1 Å². The van der Waals surface area contributed by atoms with Crippen molar-refractivity contribution in [1.82, 2.24) is 9.13 Å². The lowest BCUT2D eigenvalue weighted by Gasteiger charge is -2.32. The van der Waals surface area contributed by atoms with E-state index in [1.54, 1.807) is 0 Å². The fourth-order valence-corrected chi connectivity index (χ4v) is 6.26. The molecule has 6 heteroatoms. The lowest BCUT2D eigenvalue weighted by Crippen LogP contribution is -3.28. The Balaban J connectivity index is 1.13. The van der Waals surface area contributed by atoms with E-state index >= 15 is 0 Å². The summed E-state index contributed by atoms with van der Waals surface area (Å²) >= 11 is 0. The minimum absolute atomic E-state index is 0.366. The van der Waals surface area contributed by atoms with E-state index < -0.39 is 0 Å². The largest absolute Gasteiger partial charge is 0.385 e. The van der Waals surface area contributed by atoms with Crippen LogP contribution in [0, 0.1) is 27.7 Å². The molecule has 3 heterocycles. The molecule has 2 aromatic carbocycles. The third kappa shape index (κ3) is 4.83. The molecule has 1 aliphatic heterocycles. The van der Waals surface area contributed by atoms with Crippen molar-refractivity contribution < 1.29 is 20.0 Å². The Morgan fingerprint density at radius 1 is 0.639 bits per heavy atom. The summed E-state index contributed by atoms with van der Waals surface area (Å²) in [4.78, 5) is 2.93. The highest BCUT2D eigenvalue weighted by atomic mass is 16.3. The lowest BCUT2D eigenvalue weighted by atomic mass is 10.2. The first-order valence-corrected chi connectivity index (χ1v) is 13.5. The first kappa shape index (κ1) is 25.0. The molecule has 2 atom stereocenters. The van der Waals surface area contributed by atoms with Crippen molar-refractivity contribution in [3.05, 3.63) is 71.0 Å². The molecular formula is C30H42N4O2+2. The number of piperazine rings is 1. The highest BCUT2D eigenvalue weighted by Crippen LogP contribution is 2.26. The van der Waals surface area contributed by atoms with Gasteiger partial charge >= 0.3 is 0 Å². The molecule has 2 aromatic heterocycles. The van der Waals surface area contributed by atoms with Crippen molar-refractivity contribution in [2.75, 3.05) is 39.3 Å². The van der Waals surface area contributed by atoms with Crippen LogP contribution in [0.3, 0.4) is 0 Å². The standard InChI is InChI=1S/C30H40N4O2/c1-21-23(3)33(29-11-7-5-9-27(21)29)19-25(35)17-31-13-15-32(16-14-31)18-26(36)20-34-24(4)22(2)28-10-6-8-12-30(28)34/h5-12,25-26,35-36H,13-20H2,1-4H3/p+2/t25-,26-/m1/s1. The van der Waals surface area contributed by atoms with Crippen LogP contribution in [0.4, 0.5) is 0 Å². The number of fused-ring (bicyclic) bond motifs is 2. The molecule has 1 fully saturated rings. The van der Waals surface area contributed by atoms with Crippen molar-refractivity contribution in [3.63, 3.8) is 0 Å². The summed E-state index contributed by atoms with van der Waals surface area (Å²) in [5, 5.41) is 24.5. The zero-order valence-electron chi connectivity index (χ0n) is 22.2. The summed E-state index contributed by atoms with van der Waals surface area (Å²) < 4.78 is 4.56. The lowest BCUT2D eigenvalue weighted by molar-refractivity contribution is -1.01. The van der Waals surface area contributed by atoms with E-state index in [0.29, 0.717) is 13.1 Å². The molecule has 0 bridgehead atoms. The quantitative estimate of drug-likeness (QED) is 0.298. The Kier molecular flexibility index (Phi) is 7.22. The third-order valence-corrected chi connectivity index (χ3v) is 8.59. The molecule has 4 aromatic rings. The van der Waals surface area contributed by atoms with Gasteiger partial charge in [-0.3, -0.25) is 0 Å². The summed E-state index contributed by atoms with van der Waals surface area (Å²) in [6.07, 6.45) is -0.733. The zero-order chi connectivity index (χ0) is 25.4. The third-order valence-electron chi connectivity index (χ3n) is 8.59. The second kappa shape index (κ2) is 10.4. The molecule has 5 rings (SSSR count). The molecule has 0 spiro atoms. The van der Waals surface area contributed by atoms with Crippen LogP contribution in [0.1, 0.15) is 22.5 Å². The van der Waals surface area contributed by atoms with E-state index in [1.807, 2.05) is 0 Å². The van der Waals surface area contributed by atoms with E-state index in [-0.39, 0.29) is 12.2 Å². The molecule has 1 saturated heterocycles. The van der Waals surface area contributed by atoms with Gasteiger partial charge < -0.3 is 29.1 Å². The molecule has 0 amide bonds. The average Bonchev–Trinajstić information content (AvgIpc) is 3.26. The van der Waals surface area contributed by atoms with Gasteiger partial charge in [-0.1, -0.05) is 36.4 Å². The van der Waals surface area contributed by atoms with Crippen molar-refractivity contribution >= 4 is 21.8 Å². The summed E-state index contributed by atoms with van der Waals surface area (Å²) in [6.45, 7) is 15.6. The molecule has 0 aliphatic carbocycles. The first-order valence-electron chi connectivity index (χ1n) is 13.5. The van der Waals surface area contributed by atoms with Gasteiger partial charge in [0.15, 0.2) is 0 Å². The SMILES string of the molecule is Cc1c(C)n(C[C@H](O)C[NH+]2CC[NH+](C[C@@H](O)Cn3c(C)c(C)c4ccccc43)CC2)c2ccccc12. The molecular weight excluding hydrogens is 448 g/mol. The van der Waals surface area contributed by atoms with Crippen molar-refractivity contribution in [2.24, 2.45) is 0 Å². The van der Waals surface area contributed by atoms with E-state index in [1.165, 1.54) is 54.1 Å². The normalized spacial score (nSPS) is 20.3. The van der Waals surface area contributed by atoms with Crippen LogP contribution in [0.2, 0.25) is 0 Å². The summed E-state index contributed by atoms with van der Waals surface area (Å²) in [5.41, 5.74) is 7.53. The highest BCUT2D eigenvalue weighted by Gasteiger charge is 2.27. The van der Waals surface area contributed by atoms with E-state index in [9.17, 15) is 10.2 Å². The monoisotopic (exact) mass is 490 g/mol. The number of aromatic nitrogens is 2. The smallest absolute Gasteiger partial charge is 0.127 e. The topological polar surface area (TPSA) is 59.2 Å². The maximum atomic E-state index is 10.9. The molecule has 1 aliphatic rings.